The van der Waals surface area contributed by atoms with Crippen LogP contribution >= 0.6 is 15.9 Å². The van der Waals surface area contributed by atoms with Crippen molar-refractivity contribution in [1.82, 2.24) is 14.4 Å². The molecule has 0 aromatic carbocycles. The Kier molecular flexibility index (Phi) is 3.24. The van der Waals surface area contributed by atoms with Crippen LogP contribution in [0.15, 0.2) is 41.1 Å². The van der Waals surface area contributed by atoms with Crippen LogP contribution in [0.5, 0.6) is 0 Å². The molecule has 0 saturated carbocycles. The monoisotopic (exact) mass is 355 g/mol. The maximum Gasteiger partial charge on any atom is 0.417 e. The van der Waals surface area contributed by atoms with Crippen molar-refractivity contribution in [2.75, 3.05) is 0 Å². The van der Waals surface area contributed by atoms with Gasteiger partial charge in [-0.25, -0.2) is 4.98 Å². The molecule has 0 N–H and O–H groups in total. The topological polar surface area (TPSA) is 30.2 Å². The third kappa shape index (κ3) is 2.53. The van der Waals surface area contributed by atoms with E-state index in [1.165, 1.54) is 10.5 Å². The highest BCUT2D eigenvalue weighted by atomic mass is 79.9. The zero-order chi connectivity index (χ0) is 15.2. The average molecular weight is 356 g/mol. The molecule has 0 atom stereocenters. The maximum atomic E-state index is 12.8. The zero-order valence-corrected chi connectivity index (χ0v) is 12.4. The summed E-state index contributed by atoms with van der Waals surface area (Å²) in [5.74, 6) is 0. The van der Waals surface area contributed by atoms with Crippen molar-refractivity contribution in [3.63, 3.8) is 0 Å². The van der Waals surface area contributed by atoms with Gasteiger partial charge in [-0.15, -0.1) is 0 Å². The first-order chi connectivity index (χ1) is 9.86. The fourth-order valence-corrected chi connectivity index (χ4v) is 2.32. The molecular formula is C14H9BrF3N3. The first-order valence-corrected chi connectivity index (χ1v) is 6.83. The SMILES string of the molecule is Cc1c(-c2ccc(Br)cn2)nc2ccc(C(F)(F)F)cn12. The van der Waals surface area contributed by atoms with Gasteiger partial charge >= 0.3 is 6.18 Å². The number of hydrogen-bond acceptors (Lipinski definition) is 2. The molecule has 0 bridgehead atoms. The van der Waals surface area contributed by atoms with Gasteiger partial charge in [-0.3, -0.25) is 4.98 Å². The lowest BCUT2D eigenvalue weighted by molar-refractivity contribution is -0.137. The van der Waals surface area contributed by atoms with E-state index in [9.17, 15) is 13.2 Å². The minimum Gasteiger partial charge on any atom is -0.303 e. The zero-order valence-electron chi connectivity index (χ0n) is 10.8. The summed E-state index contributed by atoms with van der Waals surface area (Å²) in [5.41, 5.74) is 1.56. The average Bonchev–Trinajstić information content (AvgIpc) is 2.76. The molecule has 0 aliphatic carbocycles. The van der Waals surface area contributed by atoms with E-state index in [4.69, 9.17) is 0 Å². The highest BCUT2D eigenvalue weighted by molar-refractivity contribution is 9.10. The van der Waals surface area contributed by atoms with Crippen molar-refractivity contribution in [3.8, 4) is 11.4 Å². The number of imidazole rings is 1. The van der Waals surface area contributed by atoms with Crippen molar-refractivity contribution >= 4 is 21.6 Å². The third-order valence-corrected chi connectivity index (χ3v) is 3.62. The van der Waals surface area contributed by atoms with E-state index in [1.54, 1.807) is 19.2 Å². The molecule has 3 nitrogen and oxygen atoms in total. The molecule has 0 amide bonds. The van der Waals surface area contributed by atoms with Crippen LogP contribution in [0.2, 0.25) is 0 Å². The normalized spacial score (nSPS) is 12.0. The first kappa shape index (κ1) is 14.1. The number of aromatic nitrogens is 3. The van der Waals surface area contributed by atoms with Gasteiger partial charge in [0, 0.05) is 22.6 Å². The van der Waals surface area contributed by atoms with Gasteiger partial charge in [0.05, 0.1) is 11.3 Å². The fraction of sp³-hybridized carbons (Fsp3) is 0.143. The van der Waals surface area contributed by atoms with Gasteiger partial charge in [-0.2, -0.15) is 13.2 Å². The van der Waals surface area contributed by atoms with E-state index < -0.39 is 11.7 Å². The Bertz CT molecular complexity index is 807. The van der Waals surface area contributed by atoms with Crippen LogP contribution in [0.4, 0.5) is 13.2 Å². The molecule has 0 fully saturated rings. The van der Waals surface area contributed by atoms with Gasteiger partial charge < -0.3 is 4.40 Å². The van der Waals surface area contributed by atoms with Gasteiger partial charge in [-0.1, -0.05) is 0 Å². The molecule has 3 aromatic heterocycles. The molecular weight excluding hydrogens is 347 g/mol. The molecule has 108 valence electrons. The van der Waals surface area contributed by atoms with Crippen molar-refractivity contribution in [2.24, 2.45) is 0 Å². The van der Waals surface area contributed by atoms with E-state index in [1.807, 2.05) is 6.07 Å². The van der Waals surface area contributed by atoms with E-state index in [0.717, 1.165) is 16.7 Å². The molecule has 21 heavy (non-hydrogen) atoms. The van der Waals surface area contributed by atoms with Crippen LogP contribution in [0.1, 0.15) is 11.3 Å². The maximum absolute atomic E-state index is 12.8. The van der Waals surface area contributed by atoms with Gasteiger partial charge in [0.15, 0.2) is 0 Å². The molecule has 0 unspecified atom stereocenters. The Morgan fingerprint density at radius 2 is 1.90 bits per heavy atom. The predicted octanol–water partition coefficient (Wildman–Crippen LogP) is 4.49. The standard InChI is InChI=1S/C14H9BrF3N3/c1-8-13(11-4-3-10(15)6-19-11)20-12-5-2-9(7-21(8)12)14(16,17)18/h2-7H,1H3. The number of nitrogens with zero attached hydrogens (tertiary/aromatic N) is 3. The van der Waals surface area contributed by atoms with E-state index >= 15 is 0 Å². The largest absolute Gasteiger partial charge is 0.417 e. The number of hydrogen-bond donors (Lipinski definition) is 0. The summed E-state index contributed by atoms with van der Waals surface area (Å²) in [4.78, 5) is 8.58. The van der Waals surface area contributed by atoms with Crippen LogP contribution < -0.4 is 0 Å². The van der Waals surface area contributed by atoms with Crippen LogP contribution in [-0.4, -0.2) is 14.4 Å². The number of aryl methyl sites for hydroxylation is 1. The Morgan fingerprint density at radius 1 is 1.14 bits per heavy atom. The van der Waals surface area contributed by atoms with E-state index in [0.29, 0.717) is 22.7 Å². The number of alkyl halides is 3. The molecule has 3 heterocycles. The van der Waals surface area contributed by atoms with Crippen molar-refractivity contribution < 1.29 is 13.2 Å². The molecule has 0 spiro atoms. The number of fused-ring (bicyclic) bond motifs is 1. The van der Waals surface area contributed by atoms with Crippen LogP contribution in [-0.2, 0) is 6.18 Å². The van der Waals surface area contributed by atoms with Gasteiger partial charge in [0.1, 0.15) is 11.3 Å². The number of halogens is 4. The molecule has 3 aromatic rings. The van der Waals surface area contributed by atoms with Crippen LogP contribution in [0.3, 0.4) is 0 Å². The lowest BCUT2D eigenvalue weighted by atomic mass is 10.2. The molecule has 0 aliphatic heterocycles. The highest BCUT2D eigenvalue weighted by Gasteiger charge is 2.31. The van der Waals surface area contributed by atoms with E-state index in [2.05, 4.69) is 25.9 Å². The number of pyridine rings is 2. The predicted molar refractivity (Wildman–Crippen MR) is 75.9 cm³/mol. The summed E-state index contributed by atoms with van der Waals surface area (Å²) in [5, 5.41) is 0. The van der Waals surface area contributed by atoms with Crippen LogP contribution in [0, 0.1) is 6.92 Å². The second-order valence-electron chi connectivity index (χ2n) is 4.55. The minimum absolute atomic E-state index is 0.459. The lowest BCUT2D eigenvalue weighted by Crippen LogP contribution is -2.06. The summed E-state index contributed by atoms with van der Waals surface area (Å²) in [6, 6.07) is 5.97. The molecule has 0 aliphatic rings. The van der Waals surface area contributed by atoms with E-state index in [-0.39, 0.29) is 0 Å². The van der Waals surface area contributed by atoms with Gasteiger partial charge in [0.2, 0.25) is 0 Å². The van der Waals surface area contributed by atoms with Gasteiger partial charge in [0.25, 0.3) is 0 Å². The molecule has 0 saturated heterocycles. The Hall–Kier alpha value is -1.89. The number of rotatable bonds is 1. The second-order valence-corrected chi connectivity index (χ2v) is 5.47. The second kappa shape index (κ2) is 4.84. The van der Waals surface area contributed by atoms with Crippen molar-refractivity contribution in [2.45, 2.75) is 13.1 Å². The summed E-state index contributed by atoms with van der Waals surface area (Å²) in [6.07, 6.45) is -1.69. The minimum atomic E-state index is -4.37. The summed E-state index contributed by atoms with van der Waals surface area (Å²) >= 11 is 3.29. The Labute approximate surface area is 126 Å². The smallest absolute Gasteiger partial charge is 0.303 e. The Morgan fingerprint density at radius 3 is 2.52 bits per heavy atom. The third-order valence-electron chi connectivity index (χ3n) is 3.15. The molecule has 7 heteroatoms. The quantitative estimate of drug-likeness (QED) is 0.643. The summed E-state index contributed by atoms with van der Waals surface area (Å²) in [6.45, 7) is 1.72. The van der Waals surface area contributed by atoms with Crippen molar-refractivity contribution in [1.29, 1.82) is 0 Å². The fourth-order valence-electron chi connectivity index (χ4n) is 2.09. The lowest BCUT2D eigenvalue weighted by Gasteiger charge is -2.07. The van der Waals surface area contributed by atoms with Crippen molar-refractivity contribution in [3.05, 3.63) is 52.4 Å². The molecule has 0 radical (unpaired) electrons. The first-order valence-electron chi connectivity index (χ1n) is 6.04. The highest BCUT2D eigenvalue weighted by Crippen LogP contribution is 2.31. The Balaban J connectivity index is 2.18. The van der Waals surface area contributed by atoms with Crippen LogP contribution in [0.25, 0.3) is 17.0 Å². The van der Waals surface area contributed by atoms with Gasteiger partial charge in [-0.05, 0) is 47.1 Å². The molecule has 3 rings (SSSR count). The summed E-state index contributed by atoms with van der Waals surface area (Å²) < 4.78 is 40.6. The summed E-state index contributed by atoms with van der Waals surface area (Å²) in [7, 11) is 0.